The zero-order chi connectivity index (χ0) is 19.5. The number of benzene rings is 1. The summed E-state index contributed by atoms with van der Waals surface area (Å²) in [5, 5.41) is 15.0. The number of nitriles is 1. The highest BCUT2D eigenvalue weighted by Gasteiger charge is 2.36. The van der Waals surface area contributed by atoms with Gasteiger partial charge in [-0.15, -0.1) is 0 Å². The first-order valence-electron chi connectivity index (χ1n) is 9.79. The van der Waals surface area contributed by atoms with Crippen molar-refractivity contribution in [2.24, 2.45) is 0 Å². The van der Waals surface area contributed by atoms with Crippen LogP contribution in [0.15, 0.2) is 36.7 Å². The molecule has 6 nitrogen and oxygen atoms in total. The van der Waals surface area contributed by atoms with Gasteiger partial charge in [0.15, 0.2) is 0 Å². The van der Waals surface area contributed by atoms with E-state index in [4.69, 9.17) is 5.26 Å². The fraction of sp³-hybridized carbons (Fsp3) is 0.476. The standard InChI is InChI=1S/C21H24FN5O/c22-16-9-18(10-23)27(13-16)21(28)14-26-7-5-17(6-8-26)25-20-12-24-11-15-3-1-2-4-19(15)20/h1-4,11-12,16-18,25H,5-9,13-14H2/t16-,18-/m0/s1. The first-order valence-corrected chi connectivity index (χ1v) is 9.79. The second kappa shape index (κ2) is 8.11. The van der Waals surface area contributed by atoms with Crippen LogP contribution in [0.2, 0.25) is 0 Å². The van der Waals surface area contributed by atoms with Crippen molar-refractivity contribution in [2.45, 2.75) is 37.5 Å². The van der Waals surface area contributed by atoms with Crippen LogP contribution >= 0.6 is 0 Å². The molecule has 0 radical (unpaired) electrons. The second-order valence-corrected chi connectivity index (χ2v) is 7.63. The maximum absolute atomic E-state index is 13.5. The Labute approximate surface area is 163 Å². The number of nitrogens with one attached hydrogen (secondary N) is 1. The molecule has 0 unspecified atom stereocenters. The number of pyridine rings is 1. The monoisotopic (exact) mass is 381 g/mol. The first kappa shape index (κ1) is 18.6. The Balaban J connectivity index is 1.31. The molecule has 0 spiro atoms. The Hall–Kier alpha value is -2.72. The number of carbonyl (C=O) groups excluding carboxylic acids is 1. The van der Waals surface area contributed by atoms with Crippen molar-refractivity contribution in [1.82, 2.24) is 14.8 Å². The van der Waals surface area contributed by atoms with E-state index in [2.05, 4.69) is 27.3 Å². The van der Waals surface area contributed by atoms with Gasteiger partial charge in [0.05, 0.1) is 31.0 Å². The van der Waals surface area contributed by atoms with Crippen LogP contribution in [0.25, 0.3) is 10.8 Å². The quantitative estimate of drug-likeness (QED) is 0.881. The van der Waals surface area contributed by atoms with Gasteiger partial charge in [-0.2, -0.15) is 5.26 Å². The normalized spacial score (nSPS) is 23.6. The summed E-state index contributed by atoms with van der Waals surface area (Å²) < 4.78 is 13.5. The van der Waals surface area contributed by atoms with E-state index in [1.54, 1.807) is 0 Å². The molecule has 0 bridgehead atoms. The third kappa shape index (κ3) is 3.92. The zero-order valence-corrected chi connectivity index (χ0v) is 15.7. The Morgan fingerprint density at radius 2 is 2.07 bits per heavy atom. The molecular formula is C21H24FN5O. The summed E-state index contributed by atoms with van der Waals surface area (Å²) in [6.07, 6.45) is 4.61. The number of halogens is 1. The molecule has 0 aliphatic carbocycles. The number of anilines is 1. The number of alkyl halides is 1. The molecule has 1 aromatic carbocycles. The Bertz CT molecular complexity index is 884. The lowest BCUT2D eigenvalue weighted by Crippen LogP contribution is -2.46. The summed E-state index contributed by atoms with van der Waals surface area (Å²) >= 11 is 0. The number of amides is 1. The van der Waals surface area contributed by atoms with Crippen molar-refractivity contribution in [2.75, 3.05) is 31.5 Å². The molecule has 2 aliphatic rings. The van der Waals surface area contributed by atoms with Crippen molar-refractivity contribution in [3.05, 3.63) is 36.7 Å². The van der Waals surface area contributed by atoms with Gasteiger partial charge >= 0.3 is 0 Å². The van der Waals surface area contributed by atoms with Crippen LogP contribution in [0.5, 0.6) is 0 Å². The molecule has 1 amide bonds. The number of hydrogen-bond donors (Lipinski definition) is 1. The lowest BCUT2D eigenvalue weighted by molar-refractivity contribution is -0.132. The first-order chi connectivity index (χ1) is 13.6. The van der Waals surface area contributed by atoms with E-state index >= 15 is 0 Å². The molecule has 0 saturated carbocycles. The van der Waals surface area contributed by atoms with E-state index in [9.17, 15) is 9.18 Å². The highest BCUT2D eigenvalue weighted by Crippen LogP contribution is 2.25. The third-order valence-corrected chi connectivity index (χ3v) is 5.69. The minimum absolute atomic E-state index is 0.0448. The maximum atomic E-state index is 13.5. The van der Waals surface area contributed by atoms with Gasteiger partial charge in [-0.25, -0.2) is 4.39 Å². The highest BCUT2D eigenvalue weighted by molar-refractivity contribution is 5.92. The Morgan fingerprint density at radius 3 is 2.86 bits per heavy atom. The molecule has 1 N–H and O–H groups in total. The number of hydrogen-bond acceptors (Lipinski definition) is 5. The number of fused-ring (bicyclic) bond motifs is 1. The lowest BCUT2D eigenvalue weighted by atomic mass is 10.0. The van der Waals surface area contributed by atoms with E-state index in [0.29, 0.717) is 6.04 Å². The van der Waals surface area contributed by atoms with Crippen molar-refractivity contribution >= 4 is 22.4 Å². The van der Waals surface area contributed by atoms with Gasteiger partial charge in [0.25, 0.3) is 0 Å². The predicted molar refractivity (Wildman–Crippen MR) is 105 cm³/mol. The van der Waals surface area contributed by atoms with E-state index < -0.39 is 12.2 Å². The van der Waals surface area contributed by atoms with Crippen molar-refractivity contribution in [3.63, 3.8) is 0 Å². The summed E-state index contributed by atoms with van der Waals surface area (Å²) in [6.45, 7) is 1.90. The number of rotatable bonds is 4. The number of piperidine rings is 1. The van der Waals surface area contributed by atoms with E-state index in [-0.39, 0.29) is 25.4 Å². The SMILES string of the molecule is N#C[C@@H]1C[C@H](F)CN1C(=O)CN1CCC(Nc2cncc3ccccc23)CC1. The smallest absolute Gasteiger partial charge is 0.237 e. The topological polar surface area (TPSA) is 72.3 Å². The molecule has 1 aromatic heterocycles. The number of nitrogens with zero attached hydrogens (tertiary/aromatic N) is 4. The molecule has 2 fully saturated rings. The third-order valence-electron chi connectivity index (χ3n) is 5.69. The van der Waals surface area contributed by atoms with Crippen LogP contribution < -0.4 is 5.32 Å². The average Bonchev–Trinajstić information content (AvgIpc) is 3.11. The van der Waals surface area contributed by atoms with Crippen molar-refractivity contribution in [1.29, 1.82) is 5.26 Å². The van der Waals surface area contributed by atoms with Crippen LogP contribution in [-0.2, 0) is 4.79 Å². The van der Waals surface area contributed by atoms with Crippen molar-refractivity contribution in [3.8, 4) is 6.07 Å². The van der Waals surface area contributed by atoms with Crippen LogP contribution in [0.3, 0.4) is 0 Å². The summed E-state index contributed by atoms with van der Waals surface area (Å²) in [6, 6.07) is 9.92. The second-order valence-electron chi connectivity index (χ2n) is 7.63. The van der Waals surface area contributed by atoms with Gasteiger partial charge in [0, 0.05) is 42.5 Å². The largest absolute Gasteiger partial charge is 0.380 e. The van der Waals surface area contributed by atoms with Crippen molar-refractivity contribution < 1.29 is 9.18 Å². The van der Waals surface area contributed by atoms with E-state index in [0.717, 1.165) is 42.4 Å². The van der Waals surface area contributed by atoms with Gasteiger partial charge in [-0.3, -0.25) is 14.7 Å². The predicted octanol–water partition coefficient (Wildman–Crippen LogP) is 2.57. The molecule has 2 aliphatic heterocycles. The molecular weight excluding hydrogens is 357 g/mol. The molecule has 2 aromatic rings. The Kier molecular flexibility index (Phi) is 5.40. The van der Waals surface area contributed by atoms with Gasteiger partial charge in [-0.05, 0) is 12.8 Å². The van der Waals surface area contributed by atoms with Gasteiger partial charge in [-0.1, -0.05) is 24.3 Å². The number of aromatic nitrogens is 1. The van der Waals surface area contributed by atoms with Crippen LogP contribution in [-0.4, -0.2) is 65.1 Å². The molecule has 4 rings (SSSR count). The highest BCUT2D eigenvalue weighted by atomic mass is 19.1. The van der Waals surface area contributed by atoms with Crippen LogP contribution in [0.1, 0.15) is 19.3 Å². The number of carbonyl (C=O) groups is 1. The fourth-order valence-electron chi connectivity index (χ4n) is 4.15. The number of likely N-dealkylation sites (tertiary alicyclic amines) is 2. The molecule has 7 heteroatoms. The Morgan fingerprint density at radius 1 is 1.29 bits per heavy atom. The van der Waals surface area contributed by atoms with E-state index in [1.807, 2.05) is 30.6 Å². The summed E-state index contributed by atoms with van der Waals surface area (Å²) in [5.41, 5.74) is 1.04. The minimum atomic E-state index is -1.09. The molecule has 2 saturated heterocycles. The van der Waals surface area contributed by atoms with Crippen LogP contribution in [0.4, 0.5) is 10.1 Å². The molecule has 146 valence electrons. The molecule has 28 heavy (non-hydrogen) atoms. The van der Waals surface area contributed by atoms with Gasteiger partial charge in [0.2, 0.25) is 5.91 Å². The van der Waals surface area contributed by atoms with Crippen LogP contribution in [0, 0.1) is 11.3 Å². The van der Waals surface area contributed by atoms with Gasteiger partial charge in [0.1, 0.15) is 12.2 Å². The molecule has 2 atom stereocenters. The zero-order valence-electron chi connectivity index (χ0n) is 15.7. The maximum Gasteiger partial charge on any atom is 0.237 e. The minimum Gasteiger partial charge on any atom is -0.380 e. The summed E-state index contributed by atoms with van der Waals surface area (Å²) in [5.74, 6) is -0.142. The van der Waals surface area contributed by atoms with Gasteiger partial charge < -0.3 is 10.2 Å². The van der Waals surface area contributed by atoms with E-state index in [1.165, 1.54) is 4.90 Å². The fourth-order valence-corrected chi connectivity index (χ4v) is 4.15. The molecule has 3 heterocycles. The lowest BCUT2D eigenvalue weighted by Gasteiger charge is -2.33. The summed E-state index contributed by atoms with van der Waals surface area (Å²) in [7, 11) is 0. The average molecular weight is 381 g/mol. The summed E-state index contributed by atoms with van der Waals surface area (Å²) in [4.78, 5) is 20.3.